The van der Waals surface area contributed by atoms with Crippen LogP contribution in [0.5, 0.6) is 0 Å². The van der Waals surface area contributed by atoms with Gasteiger partial charge in [0.25, 0.3) is 0 Å². The second-order valence-electron chi connectivity index (χ2n) is 9.84. The van der Waals surface area contributed by atoms with E-state index in [1.165, 1.54) is 37.8 Å². The number of hydrogen-bond acceptors (Lipinski definition) is 6. The minimum atomic E-state index is 0.225. The first-order valence-electron chi connectivity index (χ1n) is 12.2. The maximum Gasteiger partial charge on any atom is 0.227 e. The summed E-state index contributed by atoms with van der Waals surface area (Å²) in [5.74, 6) is 2.58. The van der Waals surface area contributed by atoms with Crippen LogP contribution in [0.4, 0.5) is 0 Å². The zero-order valence-electron chi connectivity index (χ0n) is 18.5. The van der Waals surface area contributed by atoms with Crippen LogP contribution in [-0.4, -0.2) is 62.5 Å². The van der Waals surface area contributed by atoms with Crippen molar-refractivity contribution in [2.45, 2.75) is 63.5 Å². The Labute approximate surface area is 188 Å². The molecular weight excluding hydrogens is 402 g/mol. The molecule has 2 aromatic rings. The molecule has 1 amide bonds. The molecule has 3 aliphatic heterocycles. The Morgan fingerprint density at radius 1 is 1.16 bits per heavy atom. The third-order valence-electron chi connectivity index (χ3n) is 7.94. The minimum Gasteiger partial charge on any atom is -0.339 e. The van der Waals surface area contributed by atoms with E-state index in [4.69, 9.17) is 4.52 Å². The lowest BCUT2D eigenvalue weighted by atomic mass is 9.68. The topological polar surface area (TPSA) is 75.4 Å². The molecule has 0 radical (unpaired) electrons. The SMILES string of the molecule is O=C(CCc1nc(-c2ccncc2)no1)N1CCCC2=CC3CC(CN4CCCC[C@H]34)[C@@H]21. The first-order valence-corrected chi connectivity index (χ1v) is 12.2. The average molecular weight is 434 g/mol. The molecule has 4 aliphatic rings. The first kappa shape index (κ1) is 20.1. The van der Waals surface area contributed by atoms with Crippen LogP contribution in [0.2, 0.25) is 0 Å². The zero-order chi connectivity index (χ0) is 21.5. The van der Waals surface area contributed by atoms with E-state index >= 15 is 0 Å². The molecule has 2 unspecified atom stereocenters. The lowest BCUT2D eigenvalue weighted by Gasteiger charge is -2.54. The van der Waals surface area contributed by atoms with E-state index in [2.05, 4.69) is 31.0 Å². The van der Waals surface area contributed by atoms with Crippen LogP contribution in [0.1, 0.15) is 50.8 Å². The summed E-state index contributed by atoms with van der Waals surface area (Å²) in [4.78, 5) is 26.7. The Morgan fingerprint density at radius 2 is 2.06 bits per heavy atom. The molecular formula is C25H31N5O2. The van der Waals surface area contributed by atoms with Gasteiger partial charge in [-0.1, -0.05) is 23.2 Å². The summed E-state index contributed by atoms with van der Waals surface area (Å²) < 4.78 is 5.42. The molecule has 5 heterocycles. The van der Waals surface area contributed by atoms with Gasteiger partial charge in [-0.15, -0.1) is 0 Å². The van der Waals surface area contributed by atoms with Gasteiger partial charge in [-0.05, 0) is 62.6 Å². The van der Waals surface area contributed by atoms with E-state index in [0.717, 1.165) is 37.5 Å². The number of piperidine rings is 3. The van der Waals surface area contributed by atoms with E-state index in [1.54, 1.807) is 12.4 Å². The zero-order valence-corrected chi connectivity index (χ0v) is 18.5. The van der Waals surface area contributed by atoms with E-state index in [1.807, 2.05) is 12.1 Å². The van der Waals surface area contributed by atoms with Crippen LogP contribution in [0, 0.1) is 11.8 Å². The fourth-order valence-corrected chi connectivity index (χ4v) is 6.59. The van der Waals surface area contributed by atoms with Gasteiger partial charge in [-0.2, -0.15) is 4.98 Å². The van der Waals surface area contributed by atoms with Crippen LogP contribution < -0.4 is 0 Å². The number of hydrogen-bond donors (Lipinski definition) is 0. The summed E-state index contributed by atoms with van der Waals surface area (Å²) in [6, 6.07) is 4.75. The number of aromatic nitrogens is 3. The van der Waals surface area contributed by atoms with Crippen molar-refractivity contribution in [2.24, 2.45) is 11.8 Å². The molecule has 0 aromatic carbocycles. The number of likely N-dealkylation sites (tertiary alicyclic amines) is 1. The minimum absolute atomic E-state index is 0.225. The predicted molar refractivity (Wildman–Crippen MR) is 119 cm³/mol. The summed E-state index contributed by atoms with van der Waals surface area (Å²) >= 11 is 0. The number of carbonyl (C=O) groups is 1. The molecule has 168 valence electrons. The van der Waals surface area contributed by atoms with Crippen molar-refractivity contribution in [1.29, 1.82) is 0 Å². The summed E-state index contributed by atoms with van der Waals surface area (Å²) in [5.41, 5.74) is 2.41. The second-order valence-corrected chi connectivity index (χ2v) is 9.84. The van der Waals surface area contributed by atoms with Gasteiger partial charge in [-0.25, -0.2) is 0 Å². The highest BCUT2D eigenvalue weighted by Crippen LogP contribution is 2.45. The molecule has 0 spiro atoms. The van der Waals surface area contributed by atoms with Gasteiger partial charge in [-0.3, -0.25) is 14.7 Å². The van der Waals surface area contributed by atoms with Crippen molar-refractivity contribution < 1.29 is 9.32 Å². The van der Waals surface area contributed by atoms with Crippen molar-refractivity contribution in [1.82, 2.24) is 24.9 Å². The molecule has 0 saturated carbocycles. The quantitative estimate of drug-likeness (QED) is 0.687. The van der Waals surface area contributed by atoms with Gasteiger partial charge < -0.3 is 9.42 Å². The summed E-state index contributed by atoms with van der Waals surface area (Å²) in [5, 5.41) is 4.07. The second kappa shape index (κ2) is 8.43. The van der Waals surface area contributed by atoms with Crippen molar-refractivity contribution in [3.05, 3.63) is 42.1 Å². The largest absolute Gasteiger partial charge is 0.339 e. The van der Waals surface area contributed by atoms with E-state index in [9.17, 15) is 4.79 Å². The van der Waals surface area contributed by atoms with Crippen molar-refractivity contribution in [3.63, 3.8) is 0 Å². The van der Waals surface area contributed by atoms with Crippen molar-refractivity contribution in [3.8, 4) is 11.4 Å². The molecule has 2 aromatic heterocycles. The normalized spacial score (nSPS) is 29.8. The highest BCUT2D eigenvalue weighted by Gasteiger charge is 2.46. The van der Waals surface area contributed by atoms with E-state index in [-0.39, 0.29) is 5.91 Å². The first-order chi connectivity index (χ1) is 15.8. The van der Waals surface area contributed by atoms with Gasteiger partial charge >= 0.3 is 0 Å². The number of nitrogens with zero attached hydrogens (tertiary/aromatic N) is 5. The average Bonchev–Trinajstić information content (AvgIpc) is 3.32. The van der Waals surface area contributed by atoms with Crippen LogP contribution in [0.25, 0.3) is 11.4 Å². The Balaban J connectivity index is 1.15. The molecule has 3 saturated heterocycles. The van der Waals surface area contributed by atoms with Gasteiger partial charge in [0.2, 0.25) is 17.6 Å². The van der Waals surface area contributed by atoms with Gasteiger partial charge in [0.1, 0.15) is 0 Å². The predicted octanol–water partition coefficient (Wildman–Crippen LogP) is 3.49. The van der Waals surface area contributed by atoms with Gasteiger partial charge in [0.15, 0.2) is 0 Å². The lowest BCUT2D eigenvalue weighted by molar-refractivity contribution is -0.136. The van der Waals surface area contributed by atoms with Crippen LogP contribution in [0.15, 0.2) is 40.7 Å². The Morgan fingerprint density at radius 3 is 2.97 bits per heavy atom. The standard InChI is InChI=1S/C25H31N5O2/c31-23(7-6-22-27-25(28-32-22)17-8-10-26-11-9-17)30-13-3-4-18-14-19-15-20(24(18)30)16-29-12-2-1-5-21(19)29/h8-11,14,19-21,24H,1-7,12-13,15-16H2/t19?,20?,21-,24-/m1/s1. The van der Waals surface area contributed by atoms with Crippen molar-refractivity contribution >= 4 is 5.91 Å². The monoisotopic (exact) mass is 433 g/mol. The van der Waals surface area contributed by atoms with Crippen LogP contribution in [-0.2, 0) is 11.2 Å². The Bertz CT molecular complexity index is 1000. The maximum atomic E-state index is 13.3. The van der Waals surface area contributed by atoms with Gasteiger partial charge in [0, 0.05) is 49.9 Å². The molecule has 4 atom stereocenters. The molecule has 32 heavy (non-hydrogen) atoms. The molecule has 3 fully saturated rings. The van der Waals surface area contributed by atoms with E-state index < -0.39 is 0 Å². The number of amides is 1. The van der Waals surface area contributed by atoms with Gasteiger partial charge in [0.05, 0.1) is 6.04 Å². The third kappa shape index (κ3) is 3.66. The summed E-state index contributed by atoms with van der Waals surface area (Å²) in [6.45, 7) is 3.27. The molecule has 7 nitrogen and oxygen atoms in total. The molecule has 1 aliphatic carbocycles. The third-order valence-corrected chi connectivity index (χ3v) is 7.94. The lowest BCUT2D eigenvalue weighted by Crippen LogP contribution is -2.60. The fraction of sp³-hybridized carbons (Fsp3) is 0.600. The number of fused-ring (bicyclic) bond motifs is 6. The van der Waals surface area contributed by atoms with Crippen molar-refractivity contribution in [2.75, 3.05) is 19.6 Å². The number of carbonyl (C=O) groups excluding carboxylic acids is 1. The summed E-state index contributed by atoms with van der Waals surface area (Å²) in [6.07, 6.45) is 14.4. The van der Waals surface area contributed by atoms with Crippen LogP contribution in [0.3, 0.4) is 0 Å². The number of pyridine rings is 1. The van der Waals surface area contributed by atoms with E-state index in [0.29, 0.717) is 42.4 Å². The maximum absolute atomic E-state index is 13.3. The number of rotatable bonds is 4. The smallest absolute Gasteiger partial charge is 0.227 e. The molecule has 0 N–H and O–H groups in total. The molecule has 7 heteroatoms. The highest BCUT2D eigenvalue weighted by atomic mass is 16.5. The Kier molecular flexibility index (Phi) is 5.29. The molecule has 2 bridgehead atoms. The fourth-order valence-electron chi connectivity index (χ4n) is 6.59. The molecule has 6 rings (SSSR count). The highest BCUT2D eigenvalue weighted by molar-refractivity contribution is 5.77. The number of aryl methyl sites for hydroxylation is 1. The Hall–Kier alpha value is -2.54. The van der Waals surface area contributed by atoms with Crippen LogP contribution >= 0.6 is 0 Å². The summed E-state index contributed by atoms with van der Waals surface area (Å²) in [7, 11) is 0.